The van der Waals surface area contributed by atoms with Gasteiger partial charge in [-0.25, -0.2) is 17.1 Å². The highest BCUT2D eigenvalue weighted by molar-refractivity contribution is 7.89. The second-order valence-corrected chi connectivity index (χ2v) is 8.76. The molecule has 28 heavy (non-hydrogen) atoms. The molecular formula is C20H21FN2O4S. The molecule has 1 aliphatic rings. The summed E-state index contributed by atoms with van der Waals surface area (Å²) in [4.78, 5) is 25.0. The maximum absolute atomic E-state index is 13.7. The number of anilines is 1. The number of nitrogens with one attached hydrogen (secondary N) is 1. The molecule has 6 nitrogen and oxygen atoms in total. The smallest absolute Gasteiger partial charge is 0.267 e. The Labute approximate surface area is 163 Å². The lowest BCUT2D eigenvalue weighted by Gasteiger charge is -2.24. The summed E-state index contributed by atoms with van der Waals surface area (Å²) in [5.41, 5.74) is 2.32. The van der Waals surface area contributed by atoms with Crippen molar-refractivity contribution in [3.05, 3.63) is 58.9 Å². The molecule has 3 rings (SSSR count). The van der Waals surface area contributed by atoms with E-state index in [4.69, 9.17) is 0 Å². The van der Waals surface area contributed by atoms with Gasteiger partial charge in [-0.3, -0.25) is 9.59 Å². The topological polar surface area (TPSA) is 83.6 Å². The molecular weight excluding hydrogens is 383 g/mol. The SMILES string of the molecule is Cc1ccc(S(=O)(=O)N2C(=O)CC[C@H]2C(=O)Nc2ccc(C)c(F)c2)cc1C. The van der Waals surface area contributed by atoms with E-state index in [0.717, 1.165) is 17.2 Å². The van der Waals surface area contributed by atoms with E-state index in [-0.39, 0.29) is 23.4 Å². The minimum absolute atomic E-state index is 0.0370. The Morgan fingerprint density at radius 2 is 1.75 bits per heavy atom. The van der Waals surface area contributed by atoms with Crippen molar-refractivity contribution in [2.45, 2.75) is 44.6 Å². The van der Waals surface area contributed by atoms with Gasteiger partial charge >= 0.3 is 0 Å². The Kier molecular flexibility index (Phi) is 5.25. The second-order valence-electron chi connectivity index (χ2n) is 6.95. The van der Waals surface area contributed by atoms with Gasteiger partial charge in [-0.1, -0.05) is 12.1 Å². The number of nitrogens with zero attached hydrogens (tertiary/aromatic N) is 1. The van der Waals surface area contributed by atoms with Crippen LogP contribution in [0.2, 0.25) is 0 Å². The first-order valence-electron chi connectivity index (χ1n) is 8.83. The normalized spacial score (nSPS) is 17.1. The number of carbonyl (C=O) groups excluding carboxylic acids is 2. The van der Waals surface area contributed by atoms with E-state index in [9.17, 15) is 22.4 Å². The number of sulfonamides is 1. The number of rotatable bonds is 4. The van der Waals surface area contributed by atoms with Gasteiger partial charge in [0.05, 0.1) is 4.90 Å². The summed E-state index contributed by atoms with van der Waals surface area (Å²) in [6.45, 7) is 5.22. The third-order valence-corrected chi connectivity index (χ3v) is 6.76. The lowest BCUT2D eigenvalue weighted by atomic mass is 10.1. The Morgan fingerprint density at radius 1 is 1.07 bits per heavy atom. The minimum atomic E-state index is -4.18. The highest BCUT2D eigenvalue weighted by atomic mass is 32.2. The third kappa shape index (κ3) is 3.64. The average Bonchev–Trinajstić information content (AvgIpc) is 3.03. The van der Waals surface area contributed by atoms with Crippen molar-refractivity contribution in [3.63, 3.8) is 0 Å². The summed E-state index contributed by atoms with van der Waals surface area (Å²) in [7, 11) is -4.18. The van der Waals surface area contributed by atoms with E-state index in [1.165, 1.54) is 24.3 Å². The van der Waals surface area contributed by atoms with Crippen molar-refractivity contribution in [2.75, 3.05) is 5.32 Å². The summed E-state index contributed by atoms with van der Waals surface area (Å²) < 4.78 is 40.4. The molecule has 2 aromatic rings. The lowest BCUT2D eigenvalue weighted by molar-refractivity contribution is -0.128. The van der Waals surface area contributed by atoms with Gasteiger partial charge in [0.25, 0.3) is 10.0 Å². The van der Waals surface area contributed by atoms with E-state index in [0.29, 0.717) is 9.87 Å². The highest BCUT2D eigenvalue weighted by Gasteiger charge is 2.44. The summed E-state index contributed by atoms with van der Waals surface area (Å²) in [5.74, 6) is -1.78. The van der Waals surface area contributed by atoms with Crippen molar-refractivity contribution >= 4 is 27.5 Å². The molecule has 0 aliphatic carbocycles. The number of amides is 2. The van der Waals surface area contributed by atoms with E-state index in [2.05, 4.69) is 5.32 Å². The minimum Gasteiger partial charge on any atom is -0.324 e. The van der Waals surface area contributed by atoms with E-state index in [1.54, 1.807) is 19.9 Å². The predicted molar refractivity (Wildman–Crippen MR) is 103 cm³/mol. The predicted octanol–water partition coefficient (Wildman–Crippen LogP) is 3.07. The molecule has 0 saturated carbocycles. The molecule has 1 heterocycles. The van der Waals surface area contributed by atoms with Gasteiger partial charge in [0.1, 0.15) is 11.9 Å². The molecule has 8 heteroatoms. The zero-order chi connectivity index (χ0) is 20.6. The number of carbonyl (C=O) groups is 2. The fraction of sp³-hybridized carbons (Fsp3) is 0.300. The van der Waals surface area contributed by atoms with Crippen LogP contribution in [0, 0.1) is 26.6 Å². The number of hydrogen-bond donors (Lipinski definition) is 1. The molecule has 0 bridgehead atoms. The van der Waals surface area contributed by atoms with Gasteiger partial charge in [0, 0.05) is 12.1 Å². The van der Waals surface area contributed by atoms with Crippen LogP contribution in [0.3, 0.4) is 0 Å². The van der Waals surface area contributed by atoms with Crippen LogP contribution in [-0.4, -0.2) is 30.6 Å². The Morgan fingerprint density at radius 3 is 2.39 bits per heavy atom. The standard InChI is InChI=1S/C20H21FN2O4S/c1-12-5-7-16(10-14(12)3)28(26,27)23-18(8-9-19(23)24)20(25)22-15-6-4-13(2)17(21)11-15/h4-7,10-11,18H,8-9H2,1-3H3,(H,22,25)/t18-/m0/s1. The monoisotopic (exact) mass is 404 g/mol. The van der Waals surface area contributed by atoms with Gasteiger partial charge in [-0.15, -0.1) is 0 Å². The van der Waals surface area contributed by atoms with Crippen molar-refractivity contribution in [3.8, 4) is 0 Å². The molecule has 0 unspecified atom stereocenters. The molecule has 0 radical (unpaired) electrons. The molecule has 1 fully saturated rings. The summed E-state index contributed by atoms with van der Waals surface area (Å²) in [5, 5.41) is 2.51. The molecule has 0 spiro atoms. The number of halogens is 1. The van der Waals surface area contributed by atoms with Crippen molar-refractivity contribution in [2.24, 2.45) is 0 Å². The van der Waals surface area contributed by atoms with Gasteiger partial charge in [-0.05, 0) is 68.1 Å². The van der Waals surface area contributed by atoms with Gasteiger partial charge in [0.2, 0.25) is 11.8 Å². The van der Waals surface area contributed by atoms with Crippen LogP contribution in [0.15, 0.2) is 41.3 Å². The molecule has 0 aromatic heterocycles. The van der Waals surface area contributed by atoms with Crippen LogP contribution in [0.1, 0.15) is 29.5 Å². The Bertz CT molecular complexity index is 1070. The quantitative estimate of drug-likeness (QED) is 0.849. The lowest BCUT2D eigenvalue weighted by Crippen LogP contribution is -2.45. The third-order valence-electron chi connectivity index (χ3n) is 4.94. The molecule has 1 aliphatic heterocycles. The van der Waals surface area contributed by atoms with E-state index >= 15 is 0 Å². The molecule has 2 aromatic carbocycles. The molecule has 148 valence electrons. The first-order valence-corrected chi connectivity index (χ1v) is 10.3. The van der Waals surface area contributed by atoms with Gasteiger partial charge < -0.3 is 5.32 Å². The fourth-order valence-corrected chi connectivity index (χ4v) is 4.77. The average molecular weight is 404 g/mol. The van der Waals surface area contributed by atoms with Crippen LogP contribution in [-0.2, 0) is 19.6 Å². The van der Waals surface area contributed by atoms with Gasteiger partial charge in [-0.2, -0.15) is 0 Å². The second kappa shape index (κ2) is 7.35. The summed E-state index contributed by atoms with van der Waals surface area (Å²) >= 11 is 0. The molecule has 1 atom stereocenters. The van der Waals surface area contributed by atoms with Gasteiger partial charge in [0.15, 0.2) is 0 Å². The van der Waals surface area contributed by atoms with Crippen molar-refractivity contribution in [1.82, 2.24) is 4.31 Å². The maximum Gasteiger partial charge on any atom is 0.267 e. The summed E-state index contributed by atoms with van der Waals surface area (Å²) in [6, 6.07) is 7.58. The van der Waals surface area contributed by atoms with Crippen LogP contribution in [0.25, 0.3) is 0 Å². The van der Waals surface area contributed by atoms with Crippen molar-refractivity contribution in [1.29, 1.82) is 0 Å². The number of aryl methyl sites for hydroxylation is 3. The fourth-order valence-electron chi connectivity index (χ4n) is 3.08. The van der Waals surface area contributed by atoms with Crippen molar-refractivity contribution < 1.29 is 22.4 Å². The zero-order valence-corrected chi connectivity index (χ0v) is 16.6. The molecule has 1 saturated heterocycles. The van der Waals surface area contributed by atoms with E-state index < -0.39 is 33.7 Å². The highest BCUT2D eigenvalue weighted by Crippen LogP contribution is 2.29. The molecule has 1 N–H and O–H groups in total. The number of benzene rings is 2. The zero-order valence-electron chi connectivity index (χ0n) is 15.8. The first kappa shape index (κ1) is 20.0. The first-order chi connectivity index (χ1) is 13.1. The largest absolute Gasteiger partial charge is 0.324 e. The van der Waals surface area contributed by atoms with Crippen LogP contribution in [0.5, 0.6) is 0 Å². The Balaban J connectivity index is 1.90. The summed E-state index contributed by atoms with van der Waals surface area (Å²) in [6.07, 6.45) is 0.0213. The van der Waals surface area contributed by atoms with Crippen LogP contribution < -0.4 is 5.32 Å². The number of hydrogen-bond acceptors (Lipinski definition) is 4. The van der Waals surface area contributed by atoms with Crippen LogP contribution >= 0.6 is 0 Å². The Hall–Kier alpha value is -2.74. The maximum atomic E-state index is 13.7. The van der Waals surface area contributed by atoms with E-state index in [1.807, 2.05) is 6.92 Å². The van der Waals surface area contributed by atoms with Crippen LogP contribution in [0.4, 0.5) is 10.1 Å². The molecule has 2 amide bonds.